The van der Waals surface area contributed by atoms with E-state index in [1.165, 1.54) is 0 Å². The van der Waals surface area contributed by atoms with Crippen molar-refractivity contribution in [3.8, 4) is 0 Å². The van der Waals surface area contributed by atoms with Gasteiger partial charge in [-0.3, -0.25) is 4.79 Å². The fourth-order valence-electron chi connectivity index (χ4n) is 1.51. The summed E-state index contributed by atoms with van der Waals surface area (Å²) >= 11 is 0. The van der Waals surface area contributed by atoms with Crippen molar-refractivity contribution in [2.45, 2.75) is 12.8 Å². The maximum atomic E-state index is 10.9. The summed E-state index contributed by atoms with van der Waals surface area (Å²) in [6, 6.07) is 9.57. The Labute approximate surface area is 83.6 Å². The van der Waals surface area contributed by atoms with Gasteiger partial charge in [-0.25, -0.2) is 0 Å². The quantitative estimate of drug-likeness (QED) is 0.760. The summed E-state index contributed by atoms with van der Waals surface area (Å²) in [5.41, 5.74) is 6.45. The van der Waals surface area contributed by atoms with Crippen LogP contribution in [0.25, 0.3) is 0 Å². The van der Waals surface area contributed by atoms with E-state index in [-0.39, 0.29) is 12.5 Å². The molecule has 0 aliphatic rings. The molecule has 0 fully saturated rings. The SMILES string of the molecule is CC(c1ccccc1)C(CN)C(=O)O. The lowest BCUT2D eigenvalue weighted by Crippen LogP contribution is -2.28. The Morgan fingerprint density at radius 1 is 1.43 bits per heavy atom. The Morgan fingerprint density at radius 3 is 2.43 bits per heavy atom. The number of carboxylic acids is 1. The van der Waals surface area contributed by atoms with Crippen LogP contribution in [0.5, 0.6) is 0 Å². The van der Waals surface area contributed by atoms with E-state index in [1.54, 1.807) is 0 Å². The molecule has 0 heterocycles. The lowest BCUT2D eigenvalue weighted by atomic mass is 9.88. The van der Waals surface area contributed by atoms with Gasteiger partial charge < -0.3 is 10.8 Å². The van der Waals surface area contributed by atoms with Gasteiger partial charge in [0.1, 0.15) is 0 Å². The summed E-state index contributed by atoms with van der Waals surface area (Å²) in [6.07, 6.45) is 0. The number of rotatable bonds is 4. The van der Waals surface area contributed by atoms with E-state index in [2.05, 4.69) is 0 Å². The highest BCUT2D eigenvalue weighted by Gasteiger charge is 2.23. The molecule has 76 valence electrons. The zero-order valence-electron chi connectivity index (χ0n) is 8.18. The van der Waals surface area contributed by atoms with Crippen molar-refractivity contribution in [3.05, 3.63) is 35.9 Å². The lowest BCUT2D eigenvalue weighted by molar-refractivity contribution is -0.142. The van der Waals surface area contributed by atoms with Gasteiger partial charge in [0.2, 0.25) is 0 Å². The molecule has 0 aliphatic heterocycles. The molecule has 2 atom stereocenters. The molecule has 0 aliphatic carbocycles. The minimum Gasteiger partial charge on any atom is -0.481 e. The van der Waals surface area contributed by atoms with Gasteiger partial charge in [0.15, 0.2) is 0 Å². The fraction of sp³-hybridized carbons (Fsp3) is 0.364. The molecular weight excluding hydrogens is 178 g/mol. The normalized spacial score (nSPS) is 14.7. The van der Waals surface area contributed by atoms with Crippen molar-refractivity contribution in [2.75, 3.05) is 6.54 Å². The summed E-state index contributed by atoms with van der Waals surface area (Å²) < 4.78 is 0. The first-order valence-electron chi connectivity index (χ1n) is 4.64. The zero-order chi connectivity index (χ0) is 10.6. The monoisotopic (exact) mass is 193 g/mol. The van der Waals surface area contributed by atoms with E-state index in [0.717, 1.165) is 5.56 Å². The third-order valence-electron chi connectivity index (χ3n) is 2.50. The molecule has 2 unspecified atom stereocenters. The van der Waals surface area contributed by atoms with Crippen LogP contribution in [-0.2, 0) is 4.79 Å². The number of hydrogen-bond donors (Lipinski definition) is 2. The van der Waals surface area contributed by atoms with Crippen molar-refractivity contribution < 1.29 is 9.90 Å². The lowest BCUT2D eigenvalue weighted by Gasteiger charge is -2.18. The number of nitrogens with two attached hydrogens (primary N) is 1. The zero-order valence-corrected chi connectivity index (χ0v) is 8.18. The molecule has 1 aromatic rings. The molecule has 3 heteroatoms. The Kier molecular flexibility index (Phi) is 3.65. The second-order valence-corrected chi connectivity index (χ2v) is 3.38. The van der Waals surface area contributed by atoms with Gasteiger partial charge in [-0.05, 0) is 11.5 Å². The molecular formula is C11H15NO2. The molecule has 1 rings (SSSR count). The predicted molar refractivity (Wildman–Crippen MR) is 55.0 cm³/mol. The fourth-order valence-corrected chi connectivity index (χ4v) is 1.51. The summed E-state index contributed by atoms with van der Waals surface area (Å²) in [6.45, 7) is 2.06. The van der Waals surface area contributed by atoms with Gasteiger partial charge >= 0.3 is 5.97 Å². The van der Waals surface area contributed by atoms with Crippen molar-refractivity contribution in [1.82, 2.24) is 0 Å². The van der Waals surface area contributed by atoms with Gasteiger partial charge in [0.25, 0.3) is 0 Å². The van der Waals surface area contributed by atoms with E-state index in [1.807, 2.05) is 37.3 Å². The molecule has 0 saturated carbocycles. The number of benzene rings is 1. The van der Waals surface area contributed by atoms with Crippen molar-refractivity contribution in [3.63, 3.8) is 0 Å². The van der Waals surface area contributed by atoms with Crippen LogP contribution in [0, 0.1) is 5.92 Å². The highest BCUT2D eigenvalue weighted by molar-refractivity contribution is 5.71. The maximum absolute atomic E-state index is 10.9. The van der Waals surface area contributed by atoms with Crippen LogP contribution in [0.2, 0.25) is 0 Å². The Morgan fingerprint density at radius 2 is 2.00 bits per heavy atom. The van der Waals surface area contributed by atoms with Crippen LogP contribution in [-0.4, -0.2) is 17.6 Å². The second-order valence-electron chi connectivity index (χ2n) is 3.38. The van der Waals surface area contributed by atoms with Crippen LogP contribution >= 0.6 is 0 Å². The molecule has 1 aromatic carbocycles. The van der Waals surface area contributed by atoms with E-state index < -0.39 is 11.9 Å². The molecule has 0 aromatic heterocycles. The molecule has 3 nitrogen and oxygen atoms in total. The first-order valence-corrected chi connectivity index (χ1v) is 4.64. The topological polar surface area (TPSA) is 63.3 Å². The average molecular weight is 193 g/mol. The smallest absolute Gasteiger partial charge is 0.308 e. The molecule has 0 spiro atoms. The summed E-state index contributed by atoms with van der Waals surface area (Å²) in [5.74, 6) is -1.38. The number of carbonyl (C=O) groups is 1. The Balaban J connectivity index is 2.83. The van der Waals surface area contributed by atoms with E-state index in [9.17, 15) is 4.79 Å². The van der Waals surface area contributed by atoms with Gasteiger partial charge in [-0.2, -0.15) is 0 Å². The highest BCUT2D eigenvalue weighted by Crippen LogP contribution is 2.23. The number of carboxylic acid groups (broad SMARTS) is 1. The van der Waals surface area contributed by atoms with Crippen molar-refractivity contribution in [2.24, 2.45) is 11.7 Å². The molecule has 3 N–H and O–H groups in total. The minimum absolute atomic E-state index is 0.0429. The third kappa shape index (κ3) is 2.33. The molecule has 0 amide bonds. The predicted octanol–water partition coefficient (Wildman–Crippen LogP) is 1.45. The van der Waals surface area contributed by atoms with Gasteiger partial charge in [-0.15, -0.1) is 0 Å². The third-order valence-corrected chi connectivity index (χ3v) is 2.50. The summed E-state index contributed by atoms with van der Waals surface area (Å²) in [5, 5.41) is 8.92. The van der Waals surface area contributed by atoms with Crippen LogP contribution in [0.3, 0.4) is 0 Å². The first-order chi connectivity index (χ1) is 6.66. The summed E-state index contributed by atoms with van der Waals surface area (Å²) in [4.78, 5) is 10.9. The van der Waals surface area contributed by atoms with Crippen molar-refractivity contribution in [1.29, 1.82) is 0 Å². The standard InChI is InChI=1S/C11H15NO2/c1-8(10(7-12)11(13)14)9-5-3-2-4-6-9/h2-6,8,10H,7,12H2,1H3,(H,13,14). The van der Waals surface area contributed by atoms with E-state index in [0.29, 0.717) is 0 Å². The van der Waals surface area contributed by atoms with Crippen LogP contribution in [0.4, 0.5) is 0 Å². The summed E-state index contributed by atoms with van der Waals surface area (Å²) in [7, 11) is 0. The minimum atomic E-state index is -0.830. The second kappa shape index (κ2) is 4.77. The van der Waals surface area contributed by atoms with E-state index in [4.69, 9.17) is 10.8 Å². The number of aliphatic carboxylic acids is 1. The van der Waals surface area contributed by atoms with Crippen LogP contribution in [0.15, 0.2) is 30.3 Å². The highest BCUT2D eigenvalue weighted by atomic mass is 16.4. The van der Waals surface area contributed by atoms with Gasteiger partial charge in [0.05, 0.1) is 5.92 Å². The Bertz CT molecular complexity index is 297. The van der Waals surface area contributed by atoms with Crippen LogP contribution in [0.1, 0.15) is 18.4 Å². The average Bonchev–Trinajstić information content (AvgIpc) is 2.19. The molecule has 0 bridgehead atoms. The Hall–Kier alpha value is -1.35. The molecule has 14 heavy (non-hydrogen) atoms. The van der Waals surface area contributed by atoms with Crippen LogP contribution < -0.4 is 5.73 Å². The van der Waals surface area contributed by atoms with E-state index >= 15 is 0 Å². The first kappa shape index (κ1) is 10.7. The molecule has 0 radical (unpaired) electrons. The van der Waals surface area contributed by atoms with Gasteiger partial charge in [0, 0.05) is 6.54 Å². The number of hydrogen-bond acceptors (Lipinski definition) is 2. The largest absolute Gasteiger partial charge is 0.481 e. The van der Waals surface area contributed by atoms with Crippen molar-refractivity contribution >= 4 is 5.97 Å². The van der Waals surface area contributed by atoms with Gasteiger partial charge in [-0.1, -0.05) is 37.3 Å². The molecule has 0 saturated heterocycles. The maximum Gasteiger partial charge on any atom is 0.308 e.